The summed E-state index contributed by atoms with van der Waals surface area (Å²) in [5.41, 5.74) is 1.08. The Balaban J connectivity index is -0.000000216. The Morgan fingerprint density at radius 2 is 1.05 bits per heavy atom. The van der Waals surface area contributed by atoms with Gasteiger partial charge in [-0.2, -0.15) is 0 Å². The lowest BCUT2D eigenvalue weighted by Crippen LogP contribution is -1.67. The molecular weight excluding hydrogens is 228 g/mol. The number of hydrogen-bond acceptors (Lipinski definition) is 0. The normalized spacial score (nSPS) is 5.21. The highest BCUT2D eigenvalue weighted by Gasteiger charge is 1.77. The second-order valence-electron chi connectivity index (χ2n) is 2.82. The van der Waals surface area contributed by atoms with Crippen LogP contribution in [0.3, 0.4) is 0 Å². The summed E-state index contributed by atoms with van der Waals surface area (Å²) in [6, 6.07) is 9.95. The smallest absolute Gasteiger partial charge is 0.0245 e. The summed E-state index contributed by atoms with van der Waals surface area (Å²) in [4.78, 5) is 0. The van der Waals surface area contributed by atoms with Crippen LogP contribution in [0, 0.1) is 48.4 Å². The molecule has 0 spiro atoms. The fourth-order valence-corrected chi connectivity index (χ4v) is 0.666. The minimum Gasteiger partial charge on any atom is -0.120 e. The highest BCUT2D eigenvalue weighted by atomic mass is 13.8. The first-order valence-corrected chi connectivity index (χ1v) is 5.74. The lowest BCUT2D eigenvalue weighted by Gasteiger charge is -1.83. The van der Waals surface area contributed by atoms with Crippen molar-refractivity contribution >= 4 is 0 Å². The molecule has 0 atom stereocenters. The van der Waals surface area contributed by atoms with Crippen LogP contribution in [0.4, 0.5) is 0 Å². The largest absolute Gasteiger partial charge is 0.120 e. The van der Waals surface area contributed by atoms with Gasteiger partial charge in [0.05, 0.1) is 0 Å². The first-order valence-electron chi connectivity index (χ1n) is 5.74. The van der Waals surface area contributed by atoms with Crippen molar-refractivity contribution in [1.29, 1.82) is 0 Å². The zero-order valence-electron chi connectivity index (χ0n) is 12.5. The van der Waals surface area contributed by atoms with Crippen LogP contribution in [0.15, 0.2) is 30.3 Å². The van der Waals surface area contributed by atoms with Gasteiger partial charge in [-0.3, -0.25) is 0 Å². The third-order valence-corrected chi connectivity index (χ3v) is 1.29. The topological polar surface area (TPSA) is 0 Å². The van der Waals surface area contributed by atoms with Crippen molar-refractivity contribution < 1.29 is 0 Å². The van der Waals surface area contributed by atoms with Gasteiger partial charge in [0.1, 0.15) is 0 Å². The Kier molecular flexibility index (Phi) is 28.1. The van der Waals surface area contributed by atoms with Crippen LogP contribution in [0.1, 0.15) is 40.2 Å². The van der Waals surface area contributed by atoms with Crippen LogP contribution >= 0.6 is 0 Å². The molecule has 0 heteroatoms. The minimum atomic E-state index is 1.08. The molecule has 1 rings (SSSR count). The zero-order chi connectivity index (χ0) is 15.4. The van der Waals surface area contributed by atoms with E-state index in [0.29, 0.717) is 0 Å². The van der Waals surface area contributed by atoms with Gasteiger partial charge >= 0.3 is 0 Å². The molecule has 0 radical (unpaired) electrons. The van der Waals surface area contributed by atoms with Crippen molar-refractivity contribution in [1.82, 2.24) is 0 Å². The molecule has 0 saturated heterocycles. The second-order valence-corrected chi connectivity index (χ2v) is 2.82. The average molecular weight is 250 g/mol. The van der Waals surface area contributed by atoms with E-state index in [1.165, 1.54) is 0 Å². The van der Waals surface area contributed by atoms with Crippen molar-refractivity contribution in [3.8, 4) is 48.4 Å². The number of hydrogen-bond donors (Lipinski definition) is 0. The van der Waals surface area contributed by atoms with Crippen molar-refractivity contribution in [2.24, 2.45) is 0 Å². The van der Waals surface area contributed by atoms with Crippen LogP contribution in [0.2, 0.25) is 0 Å². The van der Waals surface area contributed by atoms with Crippen molar-refractivity contribution in [2.45, 2.75) is 34.6 Å². The van der Waals surface area contributed by atoms with E-state index in [-0.39, 0.29) is 0 Å². The molecule has 0 aliphatic rings. The maximum atomic E-state index is 4.60. The predicted octanol–water partition coefficient (Wildman–Crippen LogP) is 4.37. The van der Waals surface area contributed by atoms with Gasteiger partial charge in [0.15, 0.2) is 0 Å². The fourth-order valence-electron chi connectivity index (χ4n) is 0.666. The van der Waals surface area contributed by atoms with E-state index in [2.05, 4.69) is 48.4 Å². The molecule has 0 N–H and O–H groups in total. The molecule has 19 heavy (non-hydrogen) atoms. The van der Waals surface area contributed by atoms with Gasteiger partial charge in [0.25, 0.3) is 0 Å². The van der Waals surface area contributed by atoms with Crippen LogP contribution < -0.4 is 0 Å². The molecular formula is C19H22. The second kappa shape index (κ2) is 24.6. The monoisotopic (exact) mass is 250 g/mol. The van der Waals surface area contributed by atoms with E-state index < -0.39 is 0 Å². The summed E-state index contributed by atoms with van der Waals surface area (Å²) in [7, 11) is 0. The zero-order valence-corrected chi connectivity index (χ0v) is 12.5. The summed E-state index contributed by atoms with van der Waals surface area (Å²) in [6.07, 6.45) is 9.19. The molecule has 0 saturated carbocycles. The van der Waals surface area contributed by atoms with Crippen LogP contribution in [0.25, 0.3) is 0 Å². The van der Waals surface area contributed by atoms with Crippen LogP contribution in [0.5, 0.6) is 0 Å². The molecule has 0 heterocycles. The molecule has 0 nitrogen and oxygen atoms in total. The first kappa shape index (κ1) is 21.7. The standard InChI is InChI=1S/C9H8.C4H6.2C3H4/c1-2-6-9-7-4-3-5-8-9;1-3-4-2;2*1-3-2/h3-5,7-8H,1H3;1-2H3;2*1H,2H3. The lowest BCUT2D eigenvalue weighted by molar-refractivity contribution is 1.64. The van der Waals surface area contributed by atoms with Gasteiger partial charge in [0.2, 0.25) is 0 Å². The van der Waals surface area contributed by atoms with Gasteiger partial charge < -0.3 is 0 Å². The Morgan fingerprint density at radius 3 is 1.32 bits per heavy atom. The van der Waals surface area contributed by atoms with Crippen LogP contribution in [-0.4, -0.2) is 0 Å². The van der Waals surface area contributed by atoms with Gasteiger partial charge in [-0.15, -0.1) is 42.4 Å². The number of rotatable bonds is 0. The first-order chi connectivity index (χ1) is 9.17. The van der Waals surface area contributed by atoms with Crippen LogP contribution in [-0.2, 0) is 0 Å². The minimum absolute atomic E-state index is 1.08. The Bertz CT molecular complexity index is 453. The molecule has 0 aliphatic heterocycles. The number of terminal acetylenes is 2. The Hall–Kier alpha value is -2.54. The molecule has 1 aromatic carbocycles. The summed E-state index contributed by atoms with van der Waals surface area (Å²) >= 11 is 0. The van der Waals surface area contributed by atoms with Gasteiger partial charge in [-0.05, 0) is 46.8 Å². The SMILES string of the molecule is C#CC.C#CC.CC#CC.CC#Cc1ccccc1. The van der Waals surface area contributed by atoms with Gasteiger partial charge in [-0.1, -0.05) is 24.1 Å². The van der Waals surface area contributed by atoms with E-state index in [9.17, 15) is 0 Å². The van der Waals surface area contributed by atoms with E-state index in [0.717, 1.165) is 5.56 Å². The van der Waals surface area contributed by atoms with Crippen molar-refractivity contribution in [2.75, 3.05) is 0 Å². The summed E-state index contributed by atoms with van der Waals surface area (Å²) in [5.74, 6) is 15.7. The van der Waals surface area contributed by atoms with E-state index in [1.807, 2.05) is 51.1 Å². The summed E-state index contributed by atoms with van der Waals surface area (Å²) < 4.78 is 0. The van der Waals surface area contributed by atoms with E-state index in [4.69, 9.17) is 0 Å². The molecule has 0 aliphatic carbocycles. The van der Waals surface area contributed by atoms with E-state index >= 15 is 0 Å². The molecule has 98 valence electrons. The highest BCUT2D eigenvalue weighted by Crippen LogP contribution is 1.93. The average Bonchev–Trinajstić information content (AvgIpc) is 2.42. The Labute approximate surface area is 119 Å². The predicted molar refractivity (Wildman–Crippen MR) is 87.1 cm³/mol. The quantitative estimate of drug-likeness (QED) is 0.600. The Morgan fingerprint density at radius 1 is 0.684 bits per heavy atom. The van der Waals surface area contributed by atoms with Crippen molar-refractivity contribution in [3.05, 3.63) is 35.9 Å². The third-order valence-electron chi connectivity index (χ3n) is 1.29. The highest BCUT2D eigenvalue weighted by molar-refractivity contribution is 5.32. The maximum Gasteiger partial charge on any atom is 0.0245 e. The van der Waals surface area contributed by atoms with Gasteiger partial charge in [0, 0.05) is 5.56 Å². The van der Waals surface area contributed by atoms with Crippen molar-refractivity contribution in [3.63, 3.8) is 0 Å². The summed E-state index contributed by atoms with van der Waals surface area (Å²) in [6.45, 7) is 8.78. The maximum absolute atomic E-state index is 4.60. The lowest BCUT2D eigenvalue weighted by atomic mass is 10.2. The third kappa shape index (κ3) is 31.3. The van der Waals surface area contributed by atoms with E-state index in [1.54, 1.807) is 13.8 Å². The molecule has 0 amide bonds. The molecule has 0 fully saturated rings. The molecule has 0 bridgehead atoms. The summed E-state index contributed by atoms with van der Waals surface area (Å²) in [5, 5.41) is 0. The molecule has 0 aromatic heterocycles. The molecule has 1 aromatic rings. The van der Waals surface area contributed by atoms with Gasteiger partial charge in [-0.25, -0.2) is 0 Å². The number of benzene rings is 1. The fraction of sp³-hybridized carbons (Fsp3) is 0.263. The molecule has 0 unspecified atom stereocenters.